The maximum Gasteiger partial charge on any atom is 0.240 e. The van der Waals surface area contributed by atoms with Crippen molar-refractivity contribution in [3.05, 3.63) is 41.5 Å². The molecule has 0 spiro atoms. The molecule has 0 amide bonds. The number of ketones is 1. The van der Waals surface area contributed by atoms with Gasteiger partial charge in [-0.15, -0.1) is 0 Å². The number of rotatable bonds is 7. The minimum Gasteiger partial charge on any atom is -0.294 e. The molecule has 0 unspecified atom stereocenters. The van der Waals surface area contributed by atoms with Crippen LogP contribution in [0.4, 0.5) is 0 Å². The minimum atomic E-state index is -3.50. The van der Waals surface area contributed by atoms with Crippen LogP contribution in [-0.4, -0.2) is 20.7 Å². The summed E-state index contributed by atoms with van der Waals surface area (Å²) in [4.78, 5) is 12.2. The number of carbonyl (C=O) groups excluding carboxylic acids is 1. The molecule has 4 nitrogen and oxygen atoms in total. The Morgan fingerprint density at radius 1 is 1.13 bits per heavy atom. The number of carbonyl (C=O) groups is 1. The Balaban J connectivity index is 1.58. The lowest BCUT2D eigenvalue weighted by Crippen LogP contribution is -2.25. The summed E-state index contributed by atoms with van der Waals surface area (Å²) in [5.74, 6) is 0.283. The molecule has 0 aliphatic heterocycles. The van der Waals surface area contributed by atoms with Crippen LogP contribution in [0.3, 0.4) is 0 Å². The van der Waals surface area contributed by atoms with Crippen LogP contribution in [-0.2, 0) is 10.0 Å². The van der Waals surface area contributed by atoms with Crippen molar-refractivity contribution in [3.63, 3.8) is 0 Å². The highest BCUT2D eigenvalue weighted by atomic mass is 32.2. The fraction of sp³-hybridized carbons (Fsp3) is 0.500. The van der Waals surface area contributed by atoms with E-state index < -0.39 is 10.0 Å². The van der Waals surface area contributed by atoms with Crippen LogP contribution in [0.25, 0.3) is 0 Å². The summed E-state index contributed by atoms with van der Waals surface area (Å²) in [5.41, 5.74) is 1.96. The van der Waals surface area contributed by atoms with Crippen molar-refractivity contribution in [2.75, 3.05) is 6.54 Å². The van der Waals surface area contributed by atoms with Crippen LogP contribution in [0.1, 0.15) is 55.3 Å². The smallest absolute Gasteiger partial charge is 0.240 e. The third-order valence-corrected chi connectivity index (χ3v) is 6.00. The number of hydrogen-bond donors (Lipinski definition) is 1. The van der Waals surface area contributed by atoms with Crippen molar-refractivity contribution in [2.45, 2.75) is 49.8 Å². The van der Waals surface area contributed by atoms with Crippen molar-refractivity contribution in [3.8, 4) is 0 Å². The van der Waals surface area contributed by atoms with Gasteiger partial charge in [0.25, 0.3) is 0 Å². The summed E-state index contributed by atoms with van der Waals surface area (Å²) in [6, 6.07) is 6.30. The Bertz CT molecular complexity index is 700. The maximum absolute atomic E-state index is 12.3. The maximum atomic E-state index is 12.3. The molecule has 2 aliphatic carbocycles. The van der Waals surface area contributed by atoms with E-state index >= 15 is 0 Å². The molecule has 0 atom stereocenters. The third-order valence-electron chi connectivity index (χ3n) is 4.52. The zero-order valence-electron chi connectivity index (χ0n) is 13.3. The highest BCUT2D eigenvalue weighted by molar-refractivity contribution is 7.89. The predicted molar refractivity (Wildman–Crippen MR) is 89.9 cm³/mol. The number of sulfonamides is 1. The molecule has 1 aromatic carbocycles. The molecule has 0 bridgehead atoms. The number of nitrogens with one attached hydrogen (secondary N) is 1. The molecule has 1 saturated carbocycles. The van der Waals surface area contributed by atoms with E-state index in [9.17, 15) is 13.2 Å². The van der Waals surface area contributed by atoms with E-state index in [-0.39, 0.29) is 16.6 Å². The molecule has 2 aliphatic rings. The molecule has 3 rings (SSSR count). The van der Waals surface area contributed by atoms with Gasteiger partial charge in [0.2, 0.25) is 10.0 Å². The van der Waals surface area contributed by atoms with E-state index in [1.54, 1.807) is 12.1 Å². The highest BCUT2D eigenvalue weighted by Crippen LogP contribution is 2.32. The molecule has 23 heavy (non-hydrogen) atoms. The van der Waals surface area contributed by atoms with Crippen molar-refractivity contribution in [2.24, 2.45) is 5.92 Å². The summed E-state index contributed by atoms with van der Waals surface area (Å²) in [5, 5.41) is 0. The van der Waals surface area contributed by atoms with E-state index in [4.69, 9.17) is 0 Å². The Hall–Kier alpha value is -1.46. The molecule has 0 saturated heterocycles. The van der Waals surface area contributed by atoms with Crippen LogP contribution in [0, 0.1) is 5.92 Å². The van der Waals surface area contributed by atoms with Gasteiger partial charge in [-0.2, -0.15) is 0 Å². The Kier molecular flexibility index (Phi) is 4.97. The second kappa shape index (κ2) is 6.97. The van der Waals surface area contributed by atoms with Crippen LogP contribution < -0.4 is 4.72 Å². The van der Waals surface area contributed by atoms with Gasteiger partial charge in [-0.25, -0.2) is 13.1 Å². The largest absolute Gasteiger partial charge is 0.294 e. The molecule has 1 aromatic rings. The first-order valence-electron chi connectivity index (χ1n) is 8.38. The number of benzene rings is 1. The molecule has 0 aromatic heterocycles. The first-order chi connectivity index (χ1) is 11.1. The standard InChI is InChI=1S/C18H23NO3S/c20-18(15-6-7-15)16-8-10-17(11-9-16)23(21,22)19-13-12-14-4-2-1-3-5-14/h4,8-11,15,19H,1-3,5-7,12-13H2. The van der Waals surface area contributed by atoms with Gasteiger partial charge in [-0.05, 0) is 57.1 Å². The van der Waals surface area contributed by atoms with Gasteiger partial charge >= 0.3 is 0 Å². The average Bonchev–Trinajstić information content (AvgIpc) is 3.40. The zero-order chi connectivity index (χ0) is 16.3. The van der Waals surface area contributed by atoms with Crippen LogP contribution >= 0.6 is 0 Å². The lowest BCUT2D eigenvalue weighted by molar-refractivity contribution is 0.0967. The first-order valence-corrected chi connectivity index (χ1v) is 9.86. The molecule has 124 valence electrons. The van der Waals surface area contributed by atoms with Gasteiger partial charge in [0.1, 0.15) is 0 Å². The van der Waals surface area contributed by atoms with E-state index in [0.29, 0.717) is 12.1 Å². The van der Waals surface area contributed by atoms with Crippen molar-refractivity contribution >= 4 is 15.8 Å². The van der Waals surface area contributed by atoms with Gasteiger partial charge in [0, 0.05) is 18.0 Å². The number of allylic oxidation sites excluding steroid dienone is 1. The number of hydrogen-bond acceptors (Lipinski definition) is 3. The lowest BCUT2D eigenvalue weighted by atomic mass is 9.97. The van der Waals surface area contributed by atoms with Gasteiger partial charge in [0.15, 0.2) is 5.78 Å². The van der Waals surface area contributed by atoms with Gasteiger partial charge in [0.05, 0.1) is 4.90 Å². The molecule has 0 radical (unpaired) electrons. The first kappa shape index (κ1) is 16.4. The molecule has 1 N–H and O–H groups in total. The van der Waals surface area contributed by atoms with Crippen LogP contribution in [0.2, 0.25) is 0 Å². The Morgan fingerprint density at radius 3 is 2.48 bits per heavy atom. The van der Waals surface area contributed by atoms with E-state index in [2.05, 4.69) is 10.8 Å². The molecule has 1 fully saturated rings. The molecular weight excluding hydrogens is 310 g/mol. The van der Waals surface area contributed by atoms with Crippen molar-refractivity contribution < 1.29 is 13.2 Å². The van der Waals surface area contributed by atoms with Crippen LogP contribution in [0.5, 0.6) is 0 Å². The molecular formula is C18H23NO3S. The van der Waals surface area contributed by atoms with E-state index in [0.717, 1.165) is 32.1 Å². The van der Waals surface area contributed by atoms with Crippen molar-refractivity contribution in [1.82, 2.24) is 4.72 Å². The van der Waals surface area contributed by atoms with Gasteiger partial charge in [-0.1, -0.05) is 23.8 Å². The quantitative estimate of drug-likeness (QED) is 0.614. The summed E-state index contributed by atoms with van der Waals surface area (Å²) >= 11 is 0. The summed E-state index contributed by atoms with van der Waals surface area (Å²) in [6.45, 7) is 0.428. The van der Waals surface area contributed by atoms with Crippen molar-refractivity contribution in [1.29, 1.82) is 0 Å². The lowest BCUT2D eigenvalue weighted by Gasteiger charge is -2.13. The SMILES string of the molecule is O=C(c1ccc(S(=O)(=O)NCCC2=CCCCC2)cc1)C1CC1. The zero-order valence-corrected chi connectivity index (χ0v) is 14.1. The summed E-state index contributed by atoms with van der Waals surface area (Å²) in [6.07, 6.45) is 9.55. The van der Waals surface area contributed by atoms with E-state index in [1.165, 1.54) is 30.5 Å². The van der Waals surface area contributed by atoms with Gasteiger partial charge in [-0.3, -0.25) is 4.79 Å². The van der Waals surface area contributed by atoms with Gasteiger partial charge < -0.3 is 0 Å². The summed E-state index contributed by atoms with van der Waals surface area (Å²) in [7, 11) is -3.50. The second-order valence-electron chi connectivity index (χ2n) is 6.42. The Morgan fingerprint density at radius 2 is 1.87 bits per heavy atom. The topological polar surface area (TPSA) is 63.2 Å². The monoisotopic (exact) mass is 333 g/mol. The minimum absolute atomic E-state index is 0.131. The molecule has 0 heterocycles. The van der Waals surface area contributed by atoms with Crippen LogP contribution in [0.15, 0.2) is 40.8 Å². The fourth-order valence-electron chi connectivity index (χ4n) is 2.94. The third kappa shape index (κ3) is 4.30. The molecule has 5 heteroatoms. The Labute approximate surface area is 138 Å². The summed E-state index contributed by atoms with van der Waals surface area (Å²) < 4.78 is 27.2. The van der Waals surface area contributed by atoms with E-state index in [1.807, 2.05) is 0 Å². The second-order valence-corrected chi connectivity index (χ2v) is 8.19. The highest BCUT2D eigenvalue weighted by Gasteiger charge is 2.30. The predicted octanol–water partition coefficient (Wildman–Crippen LogP) is 3.45. The number of Topliss-reactive ketones (excluding diaryl/α,β-unsaturated/α-hetero) is 1. The normalized spacial score (nSPS) is 18.5. The average molecular weight is 333 g/mol. The fourth-order valence-corrected chi connectivity index (χ4v) is 3.97.